The van der Waals surface area contributed by atoms with E-state index in [2.05, 4.69) is 12.2 Å². The molecule has 0 aromatic heterocycles. The predicted octanol–water partition coefficient (Wildman–Crippen LogP) is 3.32. The molecule has 0 spiro atoms. The highest BCUT2D eigenvalue weighted by Crippen LogP contribution is 2.18. The van der Waals surface area contributed by atoms with E-state index < -0.39 is 6.10 Å². The molecule has 0 fully saturated rings. The molecule has 4 heteroatoms. The molecule has 0 saturated heterocycles. The van der Waals surface area contributed by atoms with Gasteiger partial charge in [-0.15, -0.1) is 0 Å². The van der Waals surface area contributed by atoms with Crippen LogP contribution in [0.3, 0.4) is 0 Å². The largest absolute Gasteiger partial charge is 0.484 e. The van der Waals surface area contributed by atoms with Crippen LogP contribution in [0.5, 0.6) is 5.75 Å². The molecule has 0 radical (unpaired) electrons. The Morgan fingerprint density at radius 1 is 1.23 bits per heavy atom. The second-order valence-electron chi connectivity index (χ2n) is 5.14. The average molecular weight is 299 g/mol. The zero-order chi connectivity index (χ0) is 15.9. The Labute approximate surface area is 130 Å². The highest BCUT2D eigenvalue weighted by atomic mass is 16.5. The molecule has 22 heavy (non-hydrogen) atoms. The van der Waals surface area contributed by atoms with Crippen molar-refractivity contribution in [3.05, 3.63) is 59.7 Å². The Hall–Kier alpha value is -2.33. The van der Waals surface area contributed by atoms with Gasteiger partial charge < -0.3 is 15.2 Å². The number of carbonyl (C=O) groups excluding carboxylic acids is 1. The first-order valence-electron chi connectivity index (χ1n) is 7.38. The van der Waals surface area contributed by atoms with Gasteiger partial charge in [-0.05, 0) is 48.7 Å². The maximum absolute atomic E-state index is 11.9. The number of nitrogens with one attached hydrogen (secondary N) is 1. The van der Waals surface area contributed by atoms with Gasteiger partial charge in [0.25, 0.3) is 5.91 Å². The van der Waals surface area contributed by atoms with Crippen LogP contribution in [0.25, 0.3) is 0 Å². The lowest BCUT2D eigenvalue weighted by Gasteiger charge is -2.10. The summed E-state index contributed by atoms with van der Waals surface area (Å²) in [5.41, 5.74) is 2.74. The standard InChI is InChI=1S/C18H21NO3/c1-3-14-7-9-16(10-8-14)19-18(21)12-22-17-6-4-5-15(11-17)13(2)20/h4-11,13,20H,3,12H2,1-2H3,(H,19,21). The summed E-state index contributed by atoms with van der Waals surface area (Å²) in [6, 6.07) is 14.8. The summed E-state index contributed by atoms with van der Waals surface area (Å²) in [6.07, 6.45) is 0.409. The first-order chi connectivity index (χ1) is 10.6. The quantitative estimate of drug-likeness (QED) is 0.860. The van der Waals surface area contributed by atoms with Crippen molar-refractivity contribution in [3.63, 3.8) is 0 Å². The number of rotatable bonds is 6. The first kappa shape index (κ1) is 16.0. The molecule has 0 aliphatic carbocycles. The lowest BCUT2D eigenvalue weighted by Crippen LogP contribution is -2.20. The van der Waals surface area contributed by atoms with E-state index >= 15 is 0 Å². The molecule has 116 valence electrons. The number of hydrogen-bond donors (Lipinski definition) is 2. The van der Waals surface area contributed by atoms with Gasteiger partial charge in [0, 0.05) is 5.69 Å². The summed E-state index contributed by atoms with van der Waals surface area (Å²) in [7, 11) is 0. The highest BCUT2D eigenvalue weighted by molar-refractivity contribution is 5.91. The molecule has 1 unspecified atom stereocenters. The van der Waals surface area contributed by atoms with E-state index in [0.717, 1.165) is 17.7 Å². The Kier molecular flexibility index (Phi) is 5.55. The molecule has 2 aromatic carbocycles. The van der Waals surface area contributed by atoms with Crippen LogP contribution in [0.2, 0.25) is 0 Å². The number of hydrogen-bond acceptors (Lipinski definition) is 3. The van der Waals surface area contributed by atoms with Crippen LogP contribution in [0.4, 0.5) is 5.69 Å². The van der Waals surface area contributed by atoms with E-state index in [0.29, 0.717) is 5.75 Å². The van der Waals surface area contributed by atoms with Crippen LogP contribution in [0, 0.1) is 0 Å². The minimum absolute atomic E-state index is 0.0706. The van der Waals surface area contributed by atoms with Gasteiger partial charge in [0.05, 0.1) is 6.10 Å². The van der Waals surface area contributed by atoms with Gasteiger partial charge in [-0.25, -0.2) is 0 Å². The van der Waals surface area contributed by atoms with Crippen LogP contribution in [0.15, 0.2) is 48.5 Å². The van der Waals surface area contributed by atoms with E-state index in [-0.39, 0.29) is 12.5 Å². The van der Waals surface area contributed by atoms with E-state index in [1.165, 1.54) is 5.56 Å². The smallest absolute Gasteiger partial charge is 0.262 e. The summed E-state index contributed by atoms with van der Waals surface area (Å²) in [5.74, 6) is 0.349. The molecule has 0 saturated carbocycles. The molecular weight excluding hydrogens is 278 g/mol. The minimum atomic E-state index is -0.561. The number of ether oxygens (including phenoxy) is 1. The molecule has 0 heterocycles. The number of aliphatic hydroxyl groups excluding tert-OH is 1. The number of amides is 1. The molecule has 0 bridgehead atoms. The lowest BCUT2D eigenvalue weighted by atomic mass is 10.1. The minimum Gasteiger partial charge on any atom is -0.484 e. The number of anilines is 1. The predicted molar refractivity (Wildman–Crippen MR) is 87.0 cm³/mol. The average Bonchev–Trinajstić information content (AvgIpc) is 2.54. The fourth-order valence-electron chi connectivity index (χ4n) is 2.03. The summed E-state index contributed by atoms with van der Waals surface area (Å²) >= 11 is 0. The van der Waals surface area contributed by atoms with Crippen molar-refractivity contribution in [1.82, 2.24) is 0 Å². The Morgan fingerprint density at radius 3 is 2.59 bits per heavy atom. The topological polar surface area (TPSA) is 58.6 Å². The number of aryl methyl sites for hydroxylation is 1. The monoisotopic (exact) mass is 299 g/mol. The molecule has 4 nitrogen and oxygen atoms in total. The SMILES string of the molecule is CCc1ccc(NC(=O)COc2cccc(C(C)O)c2)cc1. The summed E-state index contributed by atoms with van der Waals surface area (Å²) < 4.78 is 5.45. The number of benzene rings is 2. The van der Waals surface area contributed by atoms with Crippen molar-refractivity contribution in [1.29, 1.82) is 0 Å². The van der Waals surface area contributed by atoms with Crippen molar-refractivity contribution < 1.29 is 14.6 Å². The number of carbonyl (C=O) groups is 1. The van der Waals surface area contributed by atoms with E-state index in [4.69, 9.17) is 4.74 Å². The van der Waals surface area contributed by atoms with E-state index in [9.17, 15) is 9.90 Å². The van der Waals surface area contributed by atoms with Crippen LogP contribution in [0.1, 0.15) is 31.1 Å². The van der Waals surface area contributed by atoms with Gasteiger partial charge in [0.2, 0.25) is 0 Å². The molecule has 2 rings (SSSR count). The Bertz CT molecular complexity index is 620. The second-order valence-corrected chi connectivity index (χ2v) is 5.14. The molecule has 1 atom stereocenters. The maximum Gasteiger partial charge on any atom is 0.262 e. The van der Waals surface area contributed by atoms with Crippen molar-refractivity contribution >= 4 is 11.6 Å². The molecule has 0 aliphatic rings. The van der Waals surface area contributed by atoms with Gasteiger partial charge in [-0.2, -0.15) is 0 Å². The van der Waals surface area contributed by atoms with Crippen LogP contribution in [-0.4, -0.2) is 17.6 Å². The zero-order valence-electron chi connectivity index (χ0n) is 12.9. The third kappa shape index (κ3) is 4.60. The lowest BCUT2D eigenvalue weighted by molar-refractivity contribution is -0.118. The third-order valence-corrected chi connectivity index (χ3v) is 3.36. The molecule has 0 aliphatic heterocycles. The zero-order valence-corrected chi connectivity index (χ0v) is 12.9. The molecular formula is C18H21NO3. The summed E-state index contributed by atoms with van der Waals surface area (Å²) in [6.45, 7) is 3.70. The van der Waals surface area contributed by atoms with Gasteiger partial charge in [-0.1, -0.05) is 31.2 Å². The van der Waals surface area contributed by atoms with Crippen LogP contribution < -0.4 is 10.1 Å². The third-order valence-electron chi connectivity index (χ3n) is 3.36. The van der Waals surface area contributed by atoms with Crippen LogP contribution in [-0.2, 0) is 11.2 Å². The van der Waals surface area contributed by atoms with Gasteiger partial charge in [0.1, 0.15) is 5.75 Å². The Balaban J connectivity index is 1.88. The fraction of sp³-hybridized carbons (Fsp3) is 0.278. The van der Waals surface area contributed by atoms with Crippen molar-refractivity contribution in [2.45, 2.75) is 26.4 Å². The summed E-state index contributed by atoms with van der Waals surface area (Å²) in [4.78, 5) is 11.9. The number of aliphatic hydroxyl groups is 1. The van der Waals surface area contributed by atoms with Crippen molar-refractivity contribution in [2.75, 3.05) is 11.9 Å². The van der Waals surface area contributed by atoms with Crippen molar-refractivity contribution in [3.8, 4) is 5.75 Å². The first-order valence-corrected chi connectivity index (χ1v) is 7.38. The van der Waals surface area contributed by atoms with E-state index in [1.54, 1.807) is 25.1 Å². The maximum atomic E-state index is 11.9. The normalized spacial score (nSPS) is 11.8. The summed E-state index contributed by atoms with van der Waals surface area (Å²) in [5, 5.41) is 12.3. The molecule has 1 amide bonds. The van der Waals surface area contributed by atoms with Gasteiger partial charge in [-0.3, -0.25) is 4.79 Å². The van der Waals surface area contributed by atoms with Gasteiger partial charge in [0.15, 0.2) is 6.61 Å². The highest BCUT2D eigenvalue weighted by Gasteiger charge is 2.06. The van der Waals surface area contributed by atoms with Crippen molar-refractivity contribution in [2.24, 2.45) is 0 Å². The van der Waals surface area contributed by atoms with E-state index in [1.807, 2.05) is 30.3 Å². The fourth-order valence-corrected chi connectivity index (χ4v) is 2.03. The van der Waals surface area contributed by atoms with Gasteiger partial charge >= 0.3 is 0 Å². The van der Waals surface area contributed by atoms with Crippen LogP contribution >= 0.6 is 0 Å². The Morgan fingerprint density at radius 2 is 1.95 bits per heavy atom. The molecule has 2 aromatic rings. The second kappa shape index (κ2) is 7.61. The molecule has 2 N–H and O–H groups in total.